The Kier molecular flexibility index (Phi) is 4.19. The number of carbonyl (C=O) groups is 1. The molecule has 0 bridgehead atoms. The Morgan fingerprint density at radius 1 is 1.10 bits per heavy atom. The molecule has 0 spiro atoms. The van der Waals surface area contributed by atoms with E-state index in [1.807, 2.05) is 58.1 Å². The fraction of sp³-hybridized carbons (Fsp3) is 0.261. The van der Waals surface area contributed by atoms with Crippen LogP contribution in [0, 0.1) is 0 Å². The molecule has 2 aromatic heterocycles. The highest BCUT2D eigenvalue weighted by Crippen LogP contribution is 2.31. The van der Waals surface area contributed by atoms with Crippen molar-refractivity contribution in [2.45, 2.75) is 19.5 Å². The van der Waals surface area contributed by atoms with Gasteiger partial charge in [0, 0.05) is 53.3 Å². The Balaban J connectivity index is 1.41. The number of hydrogen-bond donors (Lipinski definition) is 1. The fourth-order valence-electron chi connectivity index (χ4n) is 4.29. The van der Waals surface area contributed by atoms with Crippen LogP contribution in [0.5, 0.6) is 11.5 Å². The predicted molar refractivity (Wildman–Crippen MR) is 112 cm³/mol. The predicted octanol–water partition coefficient (Wildman–Crippen LogP) is 3.72. The van der Waals surface area contributed by atoms with E-state index in [1.54, 1.807) is 14.2 Å². The molecule has 1 N–H and O–H groups in total. The van der Waals surface area contributed by atoms with Crippen molar-refractivity contribution in [2.24, 2.45) is 0 Å². The SMILES string of the molecule is COc1ccc2[nH]c3c(c2c1)CN(C(=O)Cn1ccc2c(OC)cccc21)CC3. The molecule has 1 aliphatic rings. The molecular weight excluding hydrogens is 366 g/mol. The second-order valence-corrected chi connectivity index (χ2v) is 7.40. The van der Waals surface area contributed by atoms with Crippen LogP contribution in [-0.2, 0) is 24.3 Å². The van der Waals surface area contributed by atoms with Crippen LogP contribution >= 0.6 is 0 Å². The lowest BCUT2D eigenvalue weighted by molar-refractivity contribution is -0.132. The molecule has 4 aromatic rings. The normalized spacial score (nSPS) is 13.7. The van der Waals surface area contributed by atoms with Crippen LogP contribution in [-0.4, -0.2) is 41.1 Å². The summed E-state index contributed by atoms with van der Waals surface area (Å²) in [6.07, 6.45) is 2.79. The summed E-state index contributed by atoms with van der Waals surface area (Å²) < 4.78 is 12.8. The zero-order valence-electron chi connectivity index (χ0n) is 16.6. The van der Waals surface area contributed by atoms with Gasteiger partial charge in [0.25, 0.3) is 0 Å². The molecule has 0 saturated heterocycles. The lowest BCUT2D eigenvalue weighted by atomic mass is 10.0. The van der Waals surface area contributed by atoms with Gasteiger partial charge in [-0.15, -0.1) is 0 Å². The topological polar surface area (TPSA) is 59.5 Å². The van der Waals surface area contributed by atoms with E-state index in [9.17, 15) is 4.79 Å². The van der Waals surface area contributed by atoms with Gasteiger partial charge < -0.3 is 23.9 Å². The van der Waals surface area contributed by atoms with Gasteiger partial charge in [0.05, 0.1) is 19.7 Å². The summed E-state index contributed by atoms with van der Waals surface area (Å²) in [6.45, 7) is 1.65. The number of hydrogen-bond acceptors (Lipinski definition) is 3. The van der Waals surface area contributed by atoms with E-state index in [1.165, 1.54) is 11.3 Å². The first kappa shape index (κ1) is 17.7. The molecule has 2 aromatic carbocycles. The Hall–Kier alpha value is -3.41. The number of rotatable bonds is 4. The highest BCUT2D eigenvalue weighted by Gasteiger charge is 2.24. The number of aromatic nitrogens is 2. The maximum absolute atomic E-state index is 13.1. The Morgan fingerprint density at radius 3 is 2.83 bits per heavy atom. The lowest BCUT2D eigenvalue weighted by Gasteiger charge is -2.27. The number of benzene rings is 2. The zero-order valence-corrected chi connectivity index (χ0v) is 16.6. The van der Waals surface area contributed by atoms with Crippen molar-refractivity contribution < 1.29 is 14.3 Å². The van der Waals surface area contributed by atoms with Crippen LogP contribution in [0.1, 0.15) is 11.3 Å². The maximum atomic E-state index is 13.1. The first-order chi connectivity index (χ1) is 14.2. The van der Waals surface area contributed by atoms with Gasteiger partial charge in [-0.25, -0.2) is 0 Å². The van der Waals surface area contributed by atoms with E-state index in [-0.39, 0.29) is 5.91 Å². The van der Waals surface area contributed by atoms with Crippen LogP contribution in [0.2, 0.25) is 0 Å². The summed E-state index contributed by atoms with van der Waals surface area (Å²) in [5.41, 5.74) is 4.51. The van der Waals surface area contributed by atoms with Crippen molar-refractivity contribution in [3.63, 3.8) is 0 Å². The van der Waals surface area contributed by atoms with Crippen molar-refractivity contribution >= 4 is 27.7 Å². The van der Waals surface area contributed by atoms with Gasteiger partial charge in [0.15, 0.2) is 0 Å². The second-order valence-electron chi connectivity index (χ2n) is 7.40. The number of methoxy groups -OCH3 is 2. The fourth-order valence-corrected chi connectivity index (χ4v) is 4.29. The van der Waals surface area contributed by atoms with Crippen molar-refractivity contribution in [1.29, 1.82) is 0 Å². The van der Waals surface area contributed by atoms with Gasteiger partial charge >= 0.3 is 0 Å². The molecule has 148 valence electrons. The van der Waals surface area contributed by atoms with Gasteiger partial charge in [-0.3, -0.25) is 4.79 Å². The molecule has 5 rings (SSSR count). The molecule has 6 heteroatoms. The van der Waals surface area contributed by atoms with E-state index >= 15 is 0 Å². The van der Waals surface area contributed by atoms with E-state index in [4.69, 9.17) is 9.47 Å². The molecule has 3 heterocycles. The number of fused-ring (bicyclic) bond motifs is 4. The van der Waals surface area contributed by atoms with Crippen molar-refractivity contribution in [1.82, 2.24) is 14.5 Å². The third-order valence-electron chi connectivity index (χ3n) is 5.83. The molecule has 0 saturated carbocycles. The number of nitrogens with zero attached hydrogens (tertiary/aromatic N) is 2. The zero-order chi connectivity index (χ0) is 20.0. The third kappa shape index (κ3) is 2.92. The molecule has 0 atom stereocenters. The molecule has 0 unspecified atom stereocenters. The Labute approximate surface area is 168 Å². The van der Waals surface area contributed by atoms with E-state index in [2.05, 4.69) is 4.98 Å². The average molecular weight is 389 g/mol. The smallest absolute Gasteiger partial charge is 0.242 e. The molecular formula is C23H23N3O3. The molecule has 0 radical (unpaired) electrons. The summed E-state index contributed by atoms with van der Waals surface area (Å²) in [7, 11) is 3.34. The van der Waals surface area contributed by atoms with Crippen LogP contribution < -0.4 is 9.47 Å². The number of H-pyrrole nitrogens is 1. The Morgan fingerprint density at radius 2 is 2.00 bits per heavy atom. The number of nitrogens with one attached hydrogen (secondary N) is 1. The van der Waals surface area contributed by atoms with Gasteiger partial charge in [-0.2, -0.15) is 0 Å². The van der Waals surface area contributed by atoms with Crippen LogP contribution in [0.3, 0.4) is 0 Å². The number of ether oxygens (including phenoxy) is 2. The monoisotopic (exact) mass is 389 g/mol. The second kappa shape index (κ2) is 6.88. The van der Waals surface area contributed by atoms with Crippen molar-refractivity contribution in [3.05, 3.63) is 59.9 Å². The molecule has 0 aliphatic carbocycles. The molecule has 0 fully saturated rings. The standard InChI is InChI=1S/C23H23N3O3/c1-28-15-6-7-19-17(12-15)18-13-26(11-9-20(18)24-19)23(27)14-25-10-8-16-21(25)4-3-5-22(16)29-2/h3-8,10,12,24H,9,11,13-14H2,1-2H3. The highest BCUT2D eigenvalue weighted by molar-refractivity contribution is 5.89. The summed E-state index contributed by atoms with van der Waals surface area (Å²) in [6, 6.07) is 14.0. The van der Waals surface area contributed by atoms with Crippen LogP contribution in [0.4, 0.5) is 0 Å². The quantitative estimate of drug-likeness (QED) is 0.579. The van der Waals surface area contributed by atoms with Gasteiger partial charge in [-0.05, 0) is 36.4 Å². The number of aromatic amines is 1. The van der Waals surface area contributed by atoms with Gasteiger partial charge in [0.2, 0.25) is 5.91 Å². The number of amides is 1. The minimum absolute atomic E-state index is 0.119. The molecule has 1 aliphatic heterocycles. The van der Waals surface area contributed by atoms with E-state index in [0.29, 0.717) is 13.1 Å². The number of carbonyl (C=O) groups excluding carboxylic acids is 1. The van der Waals surface area contributed by atoms with E-state index in [0.717, 1.165) is 46.3 Å². The largest absolute Gasteiger partial charge is 0.497 e. The summed E-state index contributed by atoms with van der Waals surface area (Å²) in [5.74, 6) is 1.77. The van der Waals surface area contributed by atoms with Crippen molar-refractivity contribution in [3.8, 4) is 11.5 Å². The maximum Gasteiger partial charge on any atom is 0.242 e. The molecule has 6 nitrogen and oxygen atoms in total. The lowest BCUT2D eigenvalue weighted by Crippen LogP contribution is -2.37. The van der Waals surface area contributed by atoms with Gasteiger partial charge in [-0.1, -0.05) is 6.07 Å². The van der Waals surface area contributed by atoms with Crippen LogP contribution in [0.15, 0.2) is 48.7 Å². The Bertz CT molecular complexity index is 1220. The highest BCUT2D eigenvalue weighted by atomic mass is 16.5. The molecule has 1 amide bonds. The summed E-state index contributed by atoms with van der Waals surface area (Å²) in [5, 5.41) is 2.15. The minimum Gasteiger partial charge on any atom is -0.497 e. The van der Waals surface area contributed by atoms with E-state index < -0.39 is 0 Å². The molecule has 29 heavy (non-hydrogen) atoms. The summed E-state index contributed by atoms with van der Waals surface area (Å²) >= 11 is 0. The first-order valence-corrected chi connectivity index (χ1v) is 9.75. The minimum atomic E-state index is 0.119. The first-order valence-electron chi connectivity index (χ1n) is 9.75. The summed E-state index contributed by atoms with van der Waals surface area (Å²) in [4.78, 5) is 18.5. The van der Waals surface area contributed by atoms with Gasteiger partial charge in [0.1, 0.15) is 18.0 Å². The third-order valence-corrected chi connectivity index (χ3v) is 5.83. The van der Waals surface area contributed by atoms with Crippen molar-refractivity contribution in [2.75, 3.05) is 20.8 Å². The average Bonchev–Trinajstić information content (AvgIpc) is 3.33. The van der Waals surface area contributed by atoms with Crippen LogP contribution in [0.25, 0.3) is 21.8 Å².